The molecule has 0 saturated carbocycles. The molecule has 4 nitrogen and oxygen atoms in total. The summed E-state index contributed by atoms with van der Waals surface area (Å²) in [5, 5.41) is 10.5. The van der Waals surface area contributed by atoms with E-state index in [4.69, 9.17) is 4.74 Å². The minimum Gasteiger partial charge on any atom is -0.496 e. The molecular formula is C18H14O4. The van der Waals surface area contributed by atoms with Crippen LogP contribution >= 0.6 is 0 Å². The van der Waals surface area contributed by atoms with Crippen molar-refractivity contribution >= 4 is 11.6 Å². The number of allylic oxidation sites excluding steroid dienone is 1. The molecular weight excluding hydrogens is 280 g/mol. The maximum absolute atomic E-state index is 12.6. The number of rotatable bonds is 3. The van der Waals surface area contributed by atoms with Crippen molar-refractivity contribution in [3.05, 3.63) is 76.9 Å². The number of fused-ring (bicyclic) bond motifs is 1. The Morgan fingerprint density at radius 2 is 1.59 bits per heavy atom. The third-order valence-corrected chi connectivity index (χ3v) is 3.71. The van der Waals surface area contributed by atoms with Gasteiger partial charge in [0.15, 0.2) is 11.6 Å². The van der Waals surface area contributed by atoms with Crippen molar-refractivity contribution in [2.75, 3.05) is 7.11 Å². The highest BCUT2D eigenvalue weighted by molar-refractivity contribution is 6.24. The number of ether oxygens (including phenoxy) is 1. The molecule has 1 aliphatic carbocycles. The van der Waals surface area contributed by atoms with Gasteiger partial charge in [0, 0.05) is 22.3 Å². The summed E-state index contributed by atoms with van der Waals surface area (Å²) in [6.45, 7) is 0. The molecule has 0 fully saturated rings. The van der Waals surface area contributed by atoms with Crippen LogP contribution in [0.4, 0.5) is 0 Å². The average molecular weight is 294 g/mol. The van der Waals surface area contributed by atoms with Gasteiger partial charge in [-0.2, -0.15) is 0 Å². The Bertz CT molecular complexity index is 789. The normalized spacial score (nSPS) is 15.1. The third-order valence-electron chi connectivity index (χ3n) is 3.71. The summed E-state index contributed by atoms with van der Waals surface area (Å²) < 4.78 is 5.21. The van der Waals surface area contributed by atoms with Crippen molar-refractivity contribution in [2.24, 2.45) is 0 Å². The molecule has 0 amide bonds. The van der Waals surface area contributed by atoms with E-state index in [1.165, 1.54) is 13.2 Å². The molecule has 0 aromatic heterocycles. The zero-order valence-corrected chi connectivity index (χ0v) is 11.9. The first-order chi connectivity index (χ1) is 10.6. The van der Waals surface area contributed by atoms with Gasteiger partial charge in [-0.3, -0.25) is 9.59 Å². The van der Waals surface area contributed by atoms with Crippen molar-refractivity contribution in [3.63, 3.8) is 0 Å². The van der Waals surface area contributed by atoms with Crippen LogP contribution in [0.25, 0.3) is 0 Å². The predicted molar refractivity (Wildman–Crippen MR) is 81.1 cm³/mol. The Labute approximate surface area is 127 Å². The zero-order valence-electron chi connectivity index (χ0n) is 11.9. The summed E-state index contributed by atoms with van der Waals surface area (Å²) in [4.78, 5) is 24.7. The average Bonchev–Trinajstić information content (AvgIpc) is 2.57. The van der Waals surface area contributed by atoms with Crippen LogP contribution in [0.5, 0.6) is 5.75 Å². The Morgan fingerprint density at radius 1 is 0.955 bits per heavy atom. The van der Waals surface area contributed by atoms with Crippen molar-refractivity contribution < 1.29 is 19.4 Å². The van der Waals surface area contributed by atoms with Gasteiger partial charge in [-0.15, -0.1) is 0 Å². The topological polar surface area (TPSA) is 63.6 Å². The number of Topliss-reactive ketones (excluding diaryl/α,β-unsaturated/α-hetero) is 1. The lowest BCUT2D eigenvalue weighted by Gasteiger charge is -2.20. The highest BCUT2D eigenvalue weighted by Crippen LogP contribution is 2.34. The molecule has 2 aromatic rings. The van der Waals surface area contributed by atoms with E-state index in [9.17, 15) is 14.7 Å². The number of aliphatic hydroxyl groups excluding tert-OH is 1. The number of para-hydroxylation sites is 1. The number of carbonyl (C=O) groups is 2. The lowest BCUT2D eigenvalue weighted by molar-refractivity contribution is 0.0946. The largest absolute Gasteiger partial charge is 0.496 e. The fraction of sp³-hybridized carbons (Fsp3) is 0.111. The summed E-state index contributed by atoms with van der Waals surface area (Å²) >= 11 is 0. The van der Waals surface area contributed by atoms with Gasteiger partial charge in [0.25, 0.3) is 0 Å². The quantitative estimate of drug-likeness (QED) is 0.945. The minimum absolute atomic E-state index is 0.0631. The SMILES string of the molecule is COc1ccccc1C(O)C1=CC(=O)c2ccccc2C1=O. The lowest BCUT2D eigenvalue weighted by atomic mass is 9.85. The molecule has 0 radical (unpaired) electrons. The molecule has 3 rings (SSSR count). The zero-order chi connectivity index (χ0) is 15.7. The maximum Gasteiger partial charge on any atom is 0.192 e. The standard InChI is InChI=1S/C18H14O4/c1-22-16-9-5-4-8-13(16)18(21)14-10-15(19)11-6-2-3-7-12(11)17(14)20/h2-10,18,21H,1H3. The molecule has 1 atom stereocenters. The molecule has 0 saturated heterocycles. The summed E-state index contributed by atoms with van der Waals surface area (Å²) in [6.07, 6.45) is 0.00264. The van der Waals surface area contributed by atoms with Crippen LogP contribution in [-0.4, -0.2) is 23.8 Å². The van der Waals surface area contributed by atoms with Crippen molar-refractivity contribution in [1.82, 2.24) is 0 Å². The van der Waals surface area contributed by atoms with Crippen LogP contribution in [0, 0.1) is 0 Å². The van der Waals surface area contributed by atoms with Crippen molar-refractivity contribution in [2.45, 2.75) is 6.10 Å². The van der Waals surface area contributed by atoms with Gasteiger partial charge in [-0.05, 0) is 12.1 Å². The van der Waals surface area contributed by atoms with E-state index in [2.05, 4.69) is 0 Å². The van der Waals surface area contributed by atoms with E-state index in [0.717, 1.165) is 0 Å². The molecule has 2 aromatic carbocycles. The van der Waals surface area contributed by atoms with Gasteiger partial charge in [-0.1, -0.05) is 42.5 Å². The minimum atomic E-state index is -1.21. The van der Waals surface area contributed by atoms with E-state index in [1.807, 2.05) is 0 Å². The fourth-order valence-electron chi connectivity index (χ4n) is 2.60. The monoisotopic (exact) mass is 294 g/mol. The predicted octanol–water partition coefficient (Wildman–Crippen LogP) is 2.73. The van der Waals surface area contributed by atoms with Crippen LogP contribution in [0.2, 0.25) is 0 Å². The Hall–Kier alpha value is -2.72. The van der Waals surface area contributed by atoms with E-state index in [-0.39, 0.29) is 17.1 Å². The van der Waals surface area contributed by atoms with Gasteiger partial charge >= 0.3 is 0 Å². The Kier molecular flexibility index (Phi) is 3.61. The molecule has 4 heteroatoms. The third kappa shape index (κ3) is 2.23. The second kappa shape index (κ2) is 5.58. The number of aliphatic hydroxyl groups is 1. The van der Waals surface area contributed by atoms with Gasteiger partial charge in [0.05, 0.1) is 7.11 Å². The van der Waals surface area contributed by atoms with Gasteiger partial charge in [0.1, 0.15) is 11.9 Å². The van der Waals surface area contributed by atoms with E-state index in [0.29, 0.717) is 22.4 Å². The van der Waals surface area contributed by atoms with Crippen LogP contribution in [0.1, 0.15) is 32.4 Å². The van der Waals surface area contributed by atoms with Crippen molar-refractivity contribution in [3.8, 4) is 5.75 Å². The smallest absolute Gasteiger partial charge is 0.192 e. The van der Waals surface area contributed by atoms with Gasteiger partial charge in [-0.25, -0.2) is 0 Å². The summed E-state index contributed by atoms with van der Waals surface area (Å²) in [5.74, 6) is -0.150. The Balaban J connectivity index is 2.06. The van der Waals surface area contributed by atoms with Gasteiger partial charge in [0.2, 0.25) is 0 Å². The first kappa shape index (κ1) is 14.2. The number of ketones is 2. The van der Waals surface area contributed by atoms with Crippen LogP contribution in [0.15, 0.2) is 60.2 Å². The van der Waals surface area contributed by atoms with Crippen molar-refractivity contribution in [1.29, 1.82) is 0 Å². The summed E-state index contributed by atoms with van der Waals surface area (Å²) in [7, 11) is 1.49. The molecule has 1 aliphatic rings. The second-order valence-corrected chi connectivity index (χ2v) is 4.98. The number of carbonyl (C=O) groups excluding carboxylic acids is 2. The number of methoxy groups -OCH3 is 1. The van der Waals surface area contributed by atoms with Crippen LogP contribution < -0.4 is 4.74 Å². The molecule has 0 aliphatic heterocycles. The molecule has 22 heavy (non-hydrogen) atoms. The van der Waals surface area contributed by atoms with E-state index >= 15 is 0 Å². The van der Waals surface area contributed by atoms with Gasteiger partial charge < -0.3 is 9.84 Å². The Morgan fingerprint density at radius 3 is 2.32 bits per heavy atom. The fourth-order valence-corrected chi connectivity index (χ4v) is 2.60. The molecule has 0 spiro atoms. The number of benzene rings is 2. The number of hydrogen-bond acceptors (Lipinski definition) is 4. The lowest BCUT2D eigenvalue weighted by Crippen LogP contribution is -2.21. The van der Waals surface area contributed by atoms with E-state index in [1.54, 1.807) is 48.5 Å². The second-order valence-electron chi connectivity index (χ2n) is 4.98. The van der Waals surface area contributed by atoms with Crippen LogP contribution in [-0.2, 0) is 0 Å². The highest BCUT2D eigenvalue weighted by Gasteiger charge is 2.30. The molecule has 0 heterocycles. The number of hydrogen-bond donors (Lipinski definition) is 1. The summed E-state index contributed by atoms with van der Waals surface area (Å²) in [5.41, 5.74) is 1.20. The molecule has 1 N–H and O–H groups in total. The highest BCUT2D eigenvalue weighted by atomic mass is 16.5. The first-order valence-electron chi connectivity index (χ1n) is 6.84. The molecule has 110 valence electrons. The van der Waals surface area contributed by atoms with E-state index < -0.39 is 6.10 Å². The first-order valence-corrected chi connectivity index (χ1v) is 6.84. The summed E-state index contributed by atoms with van der Waals surface area (Å²) in [6, 6.07) is 13.5. The maximum atomic E-state index is 12.6. The molecule has 1 unspecified atom stereocenters. The molecule has 0 bridgehead atoms. The van der Waals surface area contributed by atoms with Crippen LogP contribution in [0.3, 0.4) is 0 Å².